The number of hydrogen-bond acceptors (Lipinski definition) is 9. The number of methoxy groups -OCH3 is 2. The van der Waals surface area contributed by atoms with Crippen molar-refractivity contribution in [2.75, 3.05) is 19.5 Å². The van der Waals surface area contributed by atoms with Gasteiger partial charge in [-0.2, -0.15) is 0 Å². The van der Waals surface area contributed by atoms with E-state index >= 15 is 0 Å². The minimum absolute atomic E-state index is 0.00269. The molecule has 9 nitrogen and oxygen atoms in total. The Bertz CT molecular complexity index is 1680. The van der Waals surface area contributed by atoms with E-state index in [4.69, 9.17) is 30.2 Å². The van der Waals surface area contributed by atoms with E-state index in [-0.39, 0.29) is 39.5 Å². The number of para-hydroxylation sites is 2. The average molecular weight is 547 g/mol. The predicted molar refractivity (Wildman–Crippen MR) is 144 cm³/mol. The van der Waals surface area contributed by atoms with E-state index in [9.17, 15) is 14.7 Å². The van der Waals surface area contributed by atoms with Crippen molar-refractivity contribution in [2.45, 2.75) is 18.9 Å². The van der Waals surface area contributed by atoms with Crippen LogP contribution >= 0.6 is 11.6 Å². The molecule has 1 spiro atoms. The molecule has 198 valence electrons. The number of rotatable bonds is 5. The average Bonchev–Trinajstić information content (AvgIpc) is 3.49. The Kier molecular flexibility index (Phi) is 5.76. The fourth-order valence-electron chi connectivity index (χ4n) is 5.17. The number of halogens is 1. The lowest BCUT2D eigenvalue weighted by Gasteiger charge is -2.35. The summed E-state index contributed by atoms with van der Waals surface area (Å²) in [6, 6.07) is 13.7. The Balaban J connectivity index is 1.32. The van der Waals surface area contributed by atoms with Gasteiger partial charge in [-0.05, 0) is 36.8 Å². The molecule has 10 heteroatoms. The SMILES string of the molecule is COc1cc(OC)c2c(c1Cl)OC1(C(=O)C=C(Nc3ccc(O)c(-c4nc5ccccc5o4)c3)CC1C)C2=O. The third-order valence-electron chi connectivity index (χ3n) is 7.14. The van der Waals surface area contributed by atoms with Crippen molar-refractivity contribution >= 4 is 40.0 Å². The highest BCUT2D eigenvalue weighted by atomic mass is 35.5. The van der Waals surface area contributed by atoms with Gasteiger partial charge in [-0.1, -0.05) is 30.7 Å². The van der Waals surface area contributed by atoms with Gasteiger partial charge in [0.1, 0.15) is 33.4 Å². The van der Waals surface area contributed by atoms with Gasteiger partial charge >= 0.3 is 0 Å². The van der Waals surface area contributed by atoms with Crippen LogP contribution in [0.2, 0.25) is 5.02 Å². The van der Waals surface area contributed by atoms with Crippen molar-refractivity contribution in [1.29, 1.82) is 0 Å². The number of benzene rings is 3. The Morgan fingerprint density at radius 2 is 1.87 bits per heavy atom. The zero-order valence-corrected chi connectivity index (χ0v) is 22.0. The second kappa shape index (κ2) is 9.06. The summed E-state index contributed by atoms with van der Waals surface area (Å²) in [5.41, 5.74) is 1.19. The Morgan fingerprint density at radius 1 is 1.10 bits per heavy atom. The van der Waals surface area contributed by atoms with E-state index in [1.807, 2.05) is 18.2 Å². The minimum Gasteiger partial charge on any atom is -0.507 e. The largest absolute Gasteiger partial charge is 0.507 e. The number of oxazole rings is 1. The van der Waals surface area contributed by atoms with Crippen LogP contribution in [0.4, 0.5) is 5.69 Å². The number of phenolic OH excluding ortho intramolecular Hbond substituents is 1. The molecule has 0 radical (unpaired) electrons. The maximum atomic E-state index is 13.7. The van der Waals surface area contributed by atoms with Crippen LogP contribution in [0.1, 0.15) is 23.7 Å². The smallest absolute Gasteiger partial charge is 0.236 e. The van der Waals surface area contributed by atoms with Crippen molar-refractivity contribution in [3.63, 3.8) is 0 Å². The van der Waals surface area contributed by atoms with Crippen molar-refractivity contribution in [1.82, 2.24) is 4.98 Å². The highest BCUT2D eigenvalue weighted by Crippen LogP contribution is 2.53. The number of phenols is 1. The number of nitrogens with one attached hydrogen (secondary N) is 1. The topological polar surface area (TPSA) is 120 Å². The fraction of sp³-hybridized carbons (Fsp3) is 0.207. The molecule has 0 bridgehead atoms. The molecule has 3 aromatic carbocycles. The van der Waals surface area contributed by atoms with Crippen LogP contribution < -0.4 is 19.5 Å². The van der Waals surface area contributed by atoms with Gasteiger partial charge in [-0.3, -0.25) is 9.59 Å². The summed E-state index contributed by atoms with van der Waals surface area (Å²) in [6.45, 7) is 1.77. The van der Waals surface area contributed by atoms with Gasteiger partial charge < -0.3 is 29.1 Å². The van der Waals surface area contributed by atoms with Gasteiger partial charge in [0.25, 0.3) is 0 Å². The second-order valence-corrected chi connectivity index (χ2v) is 9.83. The van der Waals surface area contributed by atoms with E-state index in [0.29, 0.717) is 34.5 Å². The Hall–Kier alpha value is -4.50. The normalized spacial score (nSPS) is 20.1. The number of carbonyl (C=O) groups excluding carboxylic acids is 2. The highest BCUT2D eigenvalue weighted by molar-refractivity contribution is 6.36. The van der Waals surface area contributed by atoms with Gasteiger partial charge in [-0.25, -0.2) is 4.98 Å². The molecule has 1 aliphatic heterocycles. The molecule has 0 fully saturated rings. The zero-order chi connectivity index (χ0) is 27.5. The Morgan fingerprint density at radius 3 is 2.59 bits per heavy atom. The number of allylic oxidation sites excluding steroid dienone is 1. The molecule has 4 aromatic rings. The van der Waals surface area contributed by atoms with E-state index < -0.39 is 23.1 Å². The van der Waals surface area contributed by atoms with E-state index in [1.165, 1.54) is 32.4 Å². The van der Waals surface area contributed by atoms with E-state index in [0.717, 1.165) is 0 Å². The number of Topliss-reactive ketones (excluding diaryl/α,β-unsaturated/α-hetero) is 1. The lowest BCUT2D eigenvalue weighted by atomic mass is 9.74. The summed E-state index contributed by atoms with van der Waals surface area (Å²) < 4.78 is 22.6. The van der Waals surface area contributed by atoms with Crippen molar-refractivity contribution in [3.05, 3.63) is 70.9 Å². The molecule has 2 N–H and O–H groups in total. The first-order valence-electron chi connectivity index (χ1n) is 12.2. The molecule has 1 aromatic heterocycles. The number of hydrogen-bond donors (Lipinski definition) is 2. The van der Waals surface area contributed by atoms with Gasteiger partial charge in [0.05, 0.1) is 19.8 Å². The standard InChI is InChI=1S/C29H23ClN2O7/c1-14-10-16(31-15-8-9-19(33)17(11-15)28-32-18-6-4-5-7-20(18)38-28)12-23(34)29(14)27(35)24-21(36-2)13-22(37-3)25(30)26(24)39-29/h4-9,11-14,31,33H,10H2,1-3H3. The summed E-state index contributed by atoms with van der Waals surface area (Å²) in [5.74, 6) is -0.735. The quantitative estimate of drug-likeness (QED) is 0.237. The molecule has 0 amide bonds. The number of ketones is 2. The summed E-state index contributed by atoms with van der Waals surface area (Å²) in [6.07, 6.45) is 1.69. The van der Waals surface area contributed by atoms with Gasteiger partial charge in [0, 0.05) is 29.4 Å². The summed E-state index contributed by atoms with van der Waals surface area (Å²) in [5, 5.41) is 13.8. The third kappa shape index (κ3) is 3.72. The highest BCUT2D eigenvalue weighted by Gasteiger charge is 2.60. The third-order valence-corrected chi connectivity index (χ3v) is 7.49. The molecular formula is C29H23ClN2O7. The number of nitrogens with zero attached hydrogens (tertiary/aromatic N) is 1. The fourth-order valence-corrected chi connectivity index (χ4v) is 5.44. The number of fused-ring (bicyclic) bond motifs is 2. The maximum Gasteiger partial charge on any atom is 0.236 e. The molecule has 1 aliphatic carbocycles. The molecule has 0 saturated carbocycles. The molecule has 2 heterocycles. The molecule has 2 atom stereocenters. The minimum atomic E-state index is -1.77. The lowest BCUT2D eigenvalue weighted by molar-refractivity contribution is -0.129. The lowest BCUT2D eigenvalue weighted by Crippen LogP contribution is -2.55. The Labute approximate surface area is 228 Å². The monoisotopic (exact) mass is 546 g/mol. The maximum absolute atomic E-state index is 13.7. The van der Waals surface area contributed by atoms with Crippen LogP contribution in [-0.4, -0.2) is 41.5 Å². The summed E-state index contributed by atoms with van der Waals surface area (Å²) >= 11 is 6.46. The first kappa shape index (κ1) is 24.8. The first-order chi connectivity index (χ1) is 18.8. The first-order valence-corrected chi connectivity index (χ1v) is 12.5. The number of anilines is 1. The number of carbonyl (C=O) groups is 2. The molecule has 39 heavy (non-hydrogen) atoms. The van der Waals surface area contributed by atoms with Crippen molar-refractivity contribution in [3.8, 4) is 34.5 Å². The zero-order valence-electron chi connectivity index (χ0n) is 21.2. The molecule has 0 saturated heterocycles. The van der Waals surface area contributed by atoms with Gasteiger partial charge in [0.2, 0.25) is 23.1 Å². The number of ether oxygens (including phenoxy) is 3. The van der Waals surface area contributed by atoms with Crippen LogP contribution in [0.25, 0.3) is 22.6 Å². The van der Waals surface area contributed by atoms with Crippen LogP contribution in [0.3, 0.4) is 0 Å². The van der Waals surface area contributed by atoms with E-state index in [2.05, 4.69) is 10.3 Å². The van der Waals surface area contributed by atoms with Gasteiger partial charge in [0.15, 0.2) is 11.3 Å². The summed E-state index contributed by atoms with van der Waals surface area (Å²) in [7, 11) is 2.86. The summed E-state index contributed by atoms with van der Waals surface area (Å²) in [4.78, 5) is 31.7. The molecule has 2 unspecified atom stereocenters. The second-order valence-electron chi connectivity index (χ2n) is 9.45. The van der Waals surface area contributed by atoms with E-state index in [1.54, 1.807) is 25.1 Å². The van der Waals surface area contributed by atoms with Crippen molar-refractivity contribution in [2.24, 2.45) is 5.92 Å². The van der Waals surface area contributed by atoms with Crippen LogP contribution in [0.5, 0.6) is 23.0 Å². The number of aromatic hydroxyl groups is 1. The van der Waals surface area contributed by atoms with Crippen LogP contribution in [0, 0.1) is 5.92 Å². The molecular weight excluding hydrogens is 524 g/mol. The molecule has 2 aliphatic rings. The molecule has 6 rings (SSSR count). The van der Waals surface area contributed by atoms with Crippen molar-refractivity contribution < 1.29 is 33.3 Å². The van der Waals surface area contributed by atoms with Crippen LogP contribution in [-0.2, 0) is 4.79 Å². The predicted octanol–water partition coefficient (Wildman–Crippen LogP) is 5.79. The number of aromatic nitrogens is 1. The van der Waals surface area contributed by atoms with Crippen LogP contribution in [0.15, 0.2) is 64.7 Å². The van der Waals surface area contributed by atoms with Gasteiger partial charge in [-0.15, -0.1) is 0 Å².